The Labute approximate surface area is 137 Å². The minimum absolute atomic E-state index is 0.402. The number of rotatable bonds is 8. The fourth-order valence-corrected chi connectivity index (χ4v) is 2.42. The molecule has 0 aromatic heterocycles. The molecule has 2 aromatic rings. The van der Waals surface area contributed by atoms with Gasteiger partial charge in [0.15, 0.2) is 0 Å². The summed E-state index contributed by atoms with van der Waals surface area (Å²) in [5.74, 6) is -0.374. The van der Waals surface area contributed by atoms with Crippen molar-refractivity contribution in [1.82, 2.24) is 4.90 Å². The molecule has 0 saturated heterocycles. The molecular weight excluding hydrogens is 290 g/mol. The highest BCUT2D eigenvalue weighted by Crippen LogP contribution is 2.17. The molecule has 0 heterocycles. The van der Waals surface area contributed by atoms with Crippen molar-refractivity contribution in [3.05, 3.63) is 65.7 Å². The maximum atomic E-state index is 11.3. The Morgan fingerprint density at radius 3 is 2.26 bits per heavy atom. The van der Waals surface area contributed by atoms with Crippen molar-refractivity contribution in [3.8, 4) is 5.75 Å². The average molecular weight is 313 g/mol. The summed E-state index contributed by atoms with van der Waals surface area (Å²) in [6, 6.07) is 17.7. The van der Waals surface area contributed by atoms with Gasteiger partial charge in [0.1, 0.15) is 12.4 Å². The molecule has 0 bridgehead atoms. The number of hydrogen-bond donors (Lipinski definition) is 1. The number of ether oxygens (including phenoxy) is 1. The molecule has 4 nitrogen and oxygen atoms in total. The van der Waals surface area contributed by atoms with E-state index in [4.69, 9.17) is 4.74 Å². The zero-order valence-corrected chi connectivity index (χ0v) is 13.6. The van der Waals surface area contributed by atoms with Gasteiger partial charge in [-0.05, 0) is 43.8 Å². The Balaban J connectivity index is 1.92. The third-order valence-electron chi connectivity index (χ3n) is 3.59. The highest BCUT2D eigenvalue weighted by atomic mass is 16.5. The summed E-state index contributed by atoms with van der Waals surface area (Å²) in [4.78, 5) is 13.2. The lowest BCUT2D eigenvalue weighted by Gasteiger charge is -2.17. The van der Waals surface area contributed by atoms with Gasteiger partial charge in [-0.25, -0.2) is 0 Å². The van der Waals surface area contributed by atoms with Crippen LogP contribution in [-0.4, -0.2) is 36.6 Å². The van der Waals surface area contributed by atoms with E-state index >= 15 is 0 Å². The largest absolute Gasteiger partial charge is 0.489 e. The summed E-state index contributed by atoms with van der Waals surface area (Å²) >= 11 is 0. The Bertz CT molecular complexity index is 608. The molecule has 0 saturated carbocycles. The fourth-order valence-electron chi connectivity index (χ4n) is 2.42. The van der Waals surface area contributed by atoms with Crippen LogP contribution in [0.1, 0.15) is 11.1 Å². The number of carbonyl (C=O) groups is 1. The van der Waals surface area contributed by atoms with E-state index < -0.39 is 11.9 Å². The van der Waals surface area contributed by atoms with Gasteiger partial charge >= 0.3 is 5.97 Å². The molecule has 0 aliphatic heterocycles. The first-order valence-corrected chi connectivity index (χ1v) is 7.68. The van der Waals surface area contributed by atoms with E-state index in [9.17, 15) is 9.90 Å². The lowest BCUT2D eigenvalue weighted by Crippen LogP contribution is -2.29. The smallest absolute Gasteiger partial charge is 0.308 e. The van der Waals surface area contributed by atoms with Crippen LogP contribution in [0.2, 0.25) is 0 Å². The highest BCUT2D eigenvalue weighted by Gasteiger charge is 2.18. The van der Waals surface area contributed by atoms with E-state index in [1.165, 1.54) is 0 Å². The van der Waals surface area contributed by atoms with Crippen molar-refractivity contribution in [3.63, 3.8) is 0 Å². The summed E-state index contributed by atoms with van der Waals surface area (Å²) in [7, 11) is 3.77. The summed E-state index contributed by atoms with van der Waals surface area (Å²) in [5.41, 5.74) is 2.12. The van der Waals surface area contributed by atoms with Gasteiger partial charge in [-0.1, -0.05) is 42.5 Å². The first-order valence-electron chi connectivity index (χ1n) is 7.68. The van der Waals surface area contributed by atoms with Gasteiger partial charge in [0.05, 0.1) is 5.92 Å². The molecule has 4 heteroatoms. The van der Waals surface area contributed by atoms with Crippen LogP contribution in [0.15, 0.2) is 54.6 Å². The maximum absolute atomic E-state index is 11.3. The molecule has 0 aliphatic carbocycles. The minimum atomic E-state index is -0.761. The van der Waals surface area contributed by atoms with Gasteiger partial charge in [0, 0.05) is 6.54 Å². The maximum Gasteiger partial charge on any atom is 0.308 e. The number of benzene rings is 2. The average Bonchev–Trinajstić information content (AvgIpc) is 2.54. The molecular formula is C19H23NO3. The lowest BCUT2D eigenvalue weighted by molar-refractivity contribution is -0.142. The van der Waals surface area contributed by atoms with E-state index in [1.807, 2.05) is 73.6 Å². The molecule has 2 rings (SSSR count). The second-order valence-corrected chi connectivity index (χ2v) is 5.92. The van der Waals surface area contributed by atoms with Crippen molar-refractivity contribution >= 4 is 5.97 Å². The van der Waals surface area contributed by atoms with E-state index in [2.05, 4.69) is 0 Å². The summed E-state index contributed by atoms with van der Waals surface area (Å²) in [6.45, 7) is 1.06. The molecule has 0 fully saturated rings. The number of carboxylic acids is 1. The third-order valence-corrected chi connectivity index (χ3v) is 3.59. The zero-order valence-electron chi connectivity index (χ0n) is 13.6. The molecule has 1 N–H and O–H groups in total. The fraction of sp³-hybridized carbons (Fsp3) is 0.316. The van der Waals surface area contributed by atoms with Gasteiger partial charge in [-0.3, -0.25) is 4.79 Å². The van der Waals surface area contributed by atoms with Crippen LogP contribution >= 0.6 is 0 Å². The van der Waals surface area contributed by atoms with Gasteiger partial charge in [-0.15, -0.1) is 0 Å². The standard InChI is InChI=1S/C19H23NO3/c1-20(2)13-17(19(21)22)12-15-8-10-18(11-9-15)23-14-16-6-4-3-5-7-16/h3-11,17H,12-14H2,1-2H3,(H,21,22). The number of nitrogens with zero attached hydrogens (tertiary/aromatic N) is 1. The molecule has 2 aromatic carbocycles. The zero-order chi connectivity index (χ0) is 16.7. The molecule has 0 radical (unpaired) electrons. The lowest BCUT2D eigenvalue weighted by atomic mass is 9.99. The Kier molecular flexibility index (Phi) is 6.18. The van der Waals surface area contributed by atoms with Crippen LogP contribution in [0.25, 0.3) is 0 Å². The van der Waals surface area contributed by atoms with E-state index in [1.54, 1.807) is 0 Å². The molecule has 0 amide bonds. The molecule has 0 aliphatic rings. The van der Waals surface area contributed by atoms with Gasteiger partial charge in [-0.2, -0.15) is 0 Å². The van der Waals surface area contributed by atoms with Crippen molar-refractivity contribution in [2.45, 2.75) is 13.0 Å². The van der Waals surface area contributed by atoms with Crippen LogP contribution < -0.4 is 4.74 Å². The number of aliphatic carboxylic acids is 1. The predicted molar refractivity (Wildman–Crippen MR) is 90.6 cm³/mol. The topological polar surface area (TPSA) is 49.8 Å². The monoisotopic (exact) mass is 313 g/mol. The normalized spacial score (nSPS) is 12.1. The van der Waals surface area contributed by atoms with E-state index in [0.29, 0.717) is 19.6 Å². The van der Waals surface area contributed by atoms with Crippen LogP contribution in [0.4, 0.5) is 0 Å². The van der Waals surface area contributed by atoms with E-state index in [-0.39, 0.29) is 0 Å². The van der Waals surface area contributed by atoms with Crippen LogP contribution in [-0.2, 0) is 17.8 Å². The first kappa shape index (κ1) is 17.0. The number of hydrogen-bond acceptors (Lipinski definition) is 3. The highest BCUT2D eigenvalue weighted by molar-refractivity contribution is 5.70. The predicted octanol–water partition coefficient (Wildman–Crippen LogP) is 3.07. The van der Waals surface area contributed by atoms with Gasteiger partial charge in [0.25, 0.3) is 0 Å². The van der Waals surface area contributed by atoms with Gasteiger partial charge in [0.2, 0.25) is 0 Å². The van der Waals surface area contributed by atoms with Gasteiger partial charge < -0.3 is 14.7 Å². The first-order chi connectivity index (χ1) is 11.0. The number of carboxylic acid groups (broad SMARTS) is 1. The Morgan fingerprint density at radius 1 is 1.04 bits per heavy atom. The summed E-state index contributed by atoms with van der Waals surface area (Å²) < 4.78 is 5.74. The van der Waals surface area contributed by atoms with Crippen molar-refractivity contribution < 1.29 is 14.6 Å². The van der Waals surface area contributed by atoms with Crippen LogP contribution in [0, 0.1) is 5.92 Å². The molecule has 0 spiro atoms. The SMILES string of the molecule is CN(C)CC(Cc1ccc(OCc2ccccc2)cc1)C(=O)O. The van der Waals surface area contributed by atoms with Crippen molar-refractivity contribution in [1.29, 1.82) is 0 Å². The third kappa shape index (κ3) is 5.75. The molecule has 122 valence electrons. The summed E-state index contributed by atoms with van der Waals surface area (Å²) in [5, 5.41) is 9.30. The quantitative estimate of drug-likeness (QED) is 0.814. The molecule has 1 unspecified atom stereocenters. The van der Waals surface area contributed by atoms with Crippen molar-refractivity contribution in [2.24, 2.45) is 5.92 Å². The Hall–Kier alpha value is -2.33. The molecule has 1 atom stereocenters. The van der Waals surface area contributed by atoms with E-state index in [0.717, 1.165) is 16.9 Å². The van der Waals surface area contributed by atoms with Crippen LogP contribution in [0.3, 0.4) is 0 Å². The second-order valence-electron chi connectivity index (χ2n) is 5.92. The van der Waals surface area contributed by atoms with Crippen LogP contribution in [0.5, 0.6) is 5.75 Å². The minimum Gasteiger partial charge on any atom is -0.489 e. The second kappa shape index (κ2) is 8.34. The molecule has 23 heavy (non-hydrogen) atoms. The summed E-state index contributed by atoms with van der Waals surface area (Å²) in [6.07, 6.45) is 0.520. The van der Waals surface area contributed by atoms with Crippen molar-refractivity contribution in [2.75, 3.05) is 20.6 Å². The Morgan fingerprint density at radius 2 is 1.70 bits per heavy atom.